The van der Waals surface area contributed by atoms with Gasteiger partial charge in [0, 0.05) is 19.3 Å². The summed E-state index contributed by atoms with van der Waals surface area (Å²) < 4.78 is 42.9. The van der Waals surface area contributed by atoms with E-state index < -0.39 is 11.7 Å². The second kappa shape index (κ2) is 4.81. The number of nitrogens with zero attached hydrogens (tertiary/aromatic N) is 2. The van der Waals surface area contributed by atoms with Crippen molar-refractivity contribution < 1.29 is 17.9 Å². The maximum atomic E-state index is 12.4. The molecule has 1 aliphatic rings. The lowest BCUT2D eigenvalue weighted by Gasteiger charge is -2.28. The van der Waals surface area contributed by atoms with Crippen LogP contribution in [0.3, 0.4) is 0 Å². The lowest BCUT2D eigenvalue weighted by Crippen LogP contribution is -2.37. The molecule has 0 N–H and O–H groups in total. The number of hydrogen-bond acceptors (Lipinski definition) is 3. The van der Waals surface area contributed by atoms with Crippen molar-refractivity contribution in [1.82, 2.24) is 4.98 Å². The van der Waals surface area contributed by atoms with Crippen molar-refractivity contribution in [3.05, 3.63) is 22.3 Å². The zero-order valence-corrected chi connectivity index (χ0v) is 10.4. The summed E-state index contributed by atoms with van der Waals surface area (Å²) in [5.74, 6) is 0.529. The van der Waals surface area contributed by atoms with Gasteiger partial charge in [0.15, 0.2) is 0 Å². The largest absolute Gasteiger partial charge is 0.417 e. The number of morpholine rings is 1. The first-order valence-electron chi connectivity index (χ1n) is 5.04. The van der Waals surface area contributed by atoms with Gasteiger partial charge in [-0.25, -0.2) is 4.98 Å². The summed E-state index contributed by atoms with van der Waals surface area (Å²) in [7, 11) is 0. The average molecular weight is 311 g/mol. The molecule has 0 saturated carbocycles. The molecule has 94 valence electrons. The fraction of sp³-hybridized carbons (Fsp3) is 0.500. The molecule has 1 saturated heterocycles. The fourth-order valence-corrected chi connectivity index (χ4v) is 2.19. The number of hydrogen-bond donors (Lipinski definition) is 0. The predicted molar refractivity (Wildman–Crippen MR) is 60.0 cm³/mol. The summed E-state index contributed by atoms with van der Waals surface area (Å²) in [5.41, 5.74) is -0.749. The van der Waals surface area contributed by atoms with Crippen molar-refractivity contribution in [2.45, 2.75) is 6.18 Å². The Hall–Kier alpha value is -0.820. The third-order valence-electron chi connectivity index (χ3n) is 2.46. The van der Waals surface area contributed by atoms with Crippen LogP contribution in [0.1, 0.15) is 5.56 Å². The van der Waals surface area contributed by atoms with E-state index in [4.69, 9.17) is 4.74 Å². The van der Waals surface area contributed by atoms with Crippen LogP contribution in [-0.4, -0.2) is 31.3 Å². The first-order valence-corrected chi connectivity index (χ1v) is 5.83. The fourth-order valence-electron chi connectivity index (χ4n) is 1.59. The molecule has 3 nitrogen and oxygen atoms in total. The van der Waals surface area contributed by atoms with E-state index in [1.54, 1.807) is 0 Å². The molecule has 2 rings (SSSR count). The second-order valence-corrected chi connectivity index (χ2v) is 4.48. The Kier molecular flexibility index (Phi) is 3.58. The number of ether oxygens (including phenoxy) is 1. The Morgan fingerprint density at radius 2 is 1.94 bits per heavy atom. The molecule has 0 bridgehead atoms. The SMILES string of the molecule is FC(F)(F)c1cnc(N2CCOCC2)c(Br)c1. The quantitative estimate of drug-likeness (QED) is 0.797. The molecule has 1 aliphatic heterocycles. The highest BCUT2D eigenvalue weighted by molar-refractivity contribution is 9.10. The van der Waals surface area contributed by atoms with E-state index in [-0.39, 0.29) is 0 Å². The van der Waals surface area contributed by atoms with Crippen LogP contribution in [0.4, 0.5) is 19.0 Å². The molecule has 1 fully saturated rings. The van der Waals surface area contributed by atoms with Crippen LogP contribution in [-0.2, 0) is 10.9 Å². The van der Waals surface area contributed by atoms with Gasteiger partial charge in [0.2, 0.25) is 0 Å². The molecule has 7 heteroatoms. The van der Waals surface area contributed by atoms with Crippen LogP contribution in [0, 0.1) is 0 Å². The Balaban J connectivity index is 2.25. The van der Waals surface area contributed by atoms with Crippen molar-refractivity contribution in [1.29, 1.82) is 0 Å². The van der Waals surface area contributed by atoms with E-state index in [0.717, 1.165) is 12.3 Å². The van der Waals surface area contributed by atoms with Crippen LogP contribution in [0.15, 0.2) is 16.7 Å². The summed E-state index contributed by atoms with van der Waals surface area (Å²) in [5, 5.41) is 0. The summed E-state index contributed by atoms with van der Waals surface area (Å²) in [4.78, 5) is 5.77. The topological polar surface area (TPSA) is 25.4 Å². The van der Waals surface area contributed by atoms with Gasteiger partial charge >= 0.3 is 6.18 Å². The summed E-state index contributed by atoms with van der Waals surface area (Å²) in [6.07, 6.45) is -3.51. The van der Waals surface area contributed by atoms with E-state index in [2.05, 4.69) is 20.9 Å². The monoisotopic (exact) mass is 310 g/mol. The molecule has 0 aromatic carbocycles. The molecule has 0 unspecified atom stereocenters. The van der Waals surface area contributed by atoms with Gasteiger partial charge in [0.1, 0.15) is 5.82 Å². The minimum atomic E-state index is -4.36. The first kappa shape index (κ1) is 12.6. The highest BCUT2D eigenvalue weighted by atomic mass is 79.9. The van der Waals surface area contributed by atoms with E-state index in [0.29, 0.717) is 36.6 Å². The molecule has 1 aromatic rings. The van der Waals surface area contributed by atoms with Crippen LogP contribution in [0.5, 0.6) is 0 Å². The predicted octanol–water partition coefficient (Wildman–Crippen LogP) is 2.70. The highest BCUT2D eigenvalue weighted by Crippen LogP contribution is 2.33. The lowest BCUT2D eigenvalue weighted by atomic mass is 10.2. The molecule has 0 radical (unpaired) electrons. The lowest BCUT2D eigenvalue weighted by molar-refractivity contribution is -0.137. The number of anilines is 1. The molecule has 0 amide bonds. The molecule has 0 atom stereocenters. The minimum Gasteiger partial charge on any atom is -0.378 e. The molecule has 17 heavy (non-hydrogen) atoms. The van der Waals surface area contributed by atoms with Crippen LogP contribution in [0.2, 0.25) is 0 Å². The van der Waals surface area contributed by atoms with Crippen LogP contribution < -0.4 is 4.90 Å². The number of aromatic nitrogens is 1. The van der Waals surface area contributed by atoms with Crippen LogP contribution in [0.25, 0.3) is 0 Å². The number of rotatable bonds is 1. The molecule has 1 aromatic heterocycles. The van der Waals surface area contributed by atoms with Crippen molar-refractivity contribution in [2.75, 3.05) is 31.2 Å². The highest BCUT2D eigenvalue weighted by Gasteiger charge is 2.32. The third-order valence-corrected chi connectivity index (χ3v) is 3.04. The maximum Gasteiger partial charge on any atom is 0.417 e. The van der Waals surface area contributed by atoms with Gasteiger partial charge in [-0.3, -0.25) is 0 Å². The smallest absolute Gasteiger partial charge is 0.378 e. The molecular formula is C10H10BrF3N2O. The van der Waals surface area contributed by atoms with Gasteiger partial charge < -0.3 is 9.64 Å². The van der Waals surface area contributed by atoms with Crippen molar-refractivity contribution in [2.24, 2.45) is 0 Å². The molecule has 2 heterocycles. The number of pyridine rings is 1. The number of alkyl halides is 3. The zero-order chi connectivity index (χ0) is 12.5. The van der Waals surface area contributed by atoms with E-state index in [1.807, 2.05) is 4.90 Å². The minimum absolute atomic E-state index is 0.356. The van der Waals surface area contributed by atoms with Gasteiger partial charge in [-0.1, -0.05) is 0 Å². The Morgan fingerprint density at radius 1 is 1.29 bits per heavy atom. The van der Waals surface area contributed by atoms with Crippen molar-refractivity contribution >= 4 is 21.7 Å². The van der Waals surface area contributed by atoms with Gasteiger partial charge in [-0.05, 0) is 22.0 Å². The maximum absolute atomic E-state index is 12.4. The standard InChI is InChI=1S/C10H10BrF3N2O/c11-8-5-7(10(12,13)14)6-15-9(8)16-1-3-17-4-2-16/h5-6H,1-4H2. The average Bonchev–Trinajstić information content (AvgIpc) is 2.29. The Bertz CT molecular complexity index is 405. The zero-order valence-electron chi connectivity index (χ0n) is 8.80. The summed E-state index contributed by atoms with van der Waals surface area (Å²) in [6.45, 7) is 2.40. The van der Waals surface area contributed by atoms with Crippen molar-refractivity contribution in [3.63, 3.8) is 0 Å². The van der Waals surface area contributed by atoms with Gasteiger partial charge in [-0.15, -0.1) is 0 Å². The van der Waals surface area contributed by atoms with E-state index in [1.165, 1.54) is 0 Å². The summed E-state index contributed by atoms with van der Waals surface area (Å²) in [6, 6.07) is 1.05. The van der Waals surface area contributed by atoms with Gasteiger partial charge in [0.05, 0.1) is 23.2 Å². The van der Waals surface area contributed by atoms with Gasteiger partial charge in [0.25, 0.3) is 0 Å². The second-order valence-electron chi connectivity index (χ2n) is 3.63. The Labute approximate surface area is 105 Å². The first-order chi connectivity index (χ1) is 7.98. The third kappa shape index (κ3) is 2.90. The molecule has 0 spiro atoms. The molecular weight excluding hydrogens is 301 g/mol. The van der Waals surface area contributed by atoms with Crippen LogP contribution >= 0.6 is 15.9 Å². The number of halogens is 4. The van der Waals surface area contributed by atoms with Crippen molar-refractivity contribution in [3.8, 4) is 0 Å². The normalized spacial score (nSPS) is 17.3. The van der Waals surface area contributed by atoms with E-state index in [9.17, 15) is 13.2 Å². The summed E-state index contributed by atoms with van der Waals surface area (Å²) >= 11 is 3.13. The van der Waals surface area contributed by atoms with Gasteiger partial charge in [-0.2, -0.15) is 13.2 Å². The molecule has 0 aliphatic carbocycles. The van der Waals surface area contributed by atoms with E-state index >= 15 is 0 Å². The Morgan fingerprint density at radius 3 is 2.47 bits per heavy atom.